The molecule has 1 fully saturated rings. The Bertz CT molecular complexity index is 484. The van der Waals surface area contributed by atoms with Crippen LogP contribution < -0.4 is 5.32 Å². The Morgan fingerprint density at radius 1 is 1.38 bits per heavy atom. The maximum absolute atomic E-state index is 12.8. The number of rotatable bonds is 5. The molecule has 1 aliphatic heterocycles. The Kier molecular flexibility index (Phi) is 5.93. The summed E-state index contributed by atoms with van der Waals surface area (Å²) in [5, 5.41) is 2.89. The van der Waals surface area contributed by atoms with E-state index < -0.39 is 0 Å². The molecule has 1 atom stereocenters. The van der Waals surface area contributed by atoms with Crippen molar-refractivity contribution in [2.45, 2.75) is 32.2 Å². The first-order valence-corrected chi connectivity index (χ1v) is 7.60. The summed E-state index contributed by atoms with van der Waals surface area (Å²) in [6.45, 7) is 4.94. The van der Waals surface area contributed by atoms with E-state index in [-0.39, 0.29) is 11.7 Å². The van der Waals surface area contributed by atoms with E-state index in [9.17, 15) is 9.18 Å². The van der Waals surface area contributed by atoms with Gasteiger partial charge in [-0.25, -0.2) is 4.39 Å². The zero-order valence-electron chi connectivity index (χ0n) is 12.5. The summed E-state index contributed by atoms with van der Waals surface area (Å²) in [4.78, 5) is 14.1. The van der Waals surface area contributed by atoms with E-state index in [2.05, 4.69) is 17.1 Å². The van der Waals surface area contributed by atoms with E-state index in [4.69, 9.17) is 0 Å². The van der Waals surface area contributed by atoms with Gasteiger partial charge in [-0.2, -0.15) is 0 Å². The third kappa shape index (κ3) is 5.31. The molecule has 0 aromatic heterocycles. The van der Waals surface area contributed by atoms with Gasteiger partial charge in [0.15, 0.2) is 0 Å². The molecule has 2 rings (SSSR count). The fraction of sp³-hybridized carbons (Fsp3) is 0.471. The molecule has 3 nitrogen and oxygen atoms in total. The zero-order chi connectivity index (χ0) is 15.1. The molecule has 1 N–H and O–H groups in total. The normalized spacial score (nSPS) is 19.8. The van der Waals surface area contributed by atoms with Crippen molar-refractivity contribution in [2.24, 2.45) is 0 Å². The van der Waals surface area contributed by atoms with Gasteiger partial charge >= 0.3 is 0 Å². The van der Waals surface area contributed by atoms with Gasteiger partial charge in [-0.1, -0.05) is 18.6 Å². The SMILES string of the molecule is CC1CCCCN1CCNC(=O)C=Cc1ccc(F)cc1. The van der Waals surface area contributed by atoms with Crippen LogP contribution in [0.2, 0.25) is 0 Å². The van der Waals surface area contributed by atoms with Crippen LogP contribution in [0.3, 0.4) is 0 Å². The topological polar surface area (TPSA) is 32.3 Å². The molecule has 0 saturated carbocycles. The van der Waals surface area contributed by atoms with Crippen LogP contribution in [0.4, 0.5) is 4.39 Å². The quantitative estimate of drug-likeness (QED) is 0.846. The van der Waals surface area contributed by atoms with Crippen LogP contribution in [0.15, 0.2) is 30.3 Å². The average molecular weight is 290 g/mol. The van der Waals surface area contributed by atoms with Gasteiger partial charge in [0.2, 0.25) is 5.91 Å². The van der Waals surface area contributed by atoms with Crippen molar-refractivity contribution in [2.75, 3.05) is 19.6 Å². The predicted molar refractivity (Wildman–Crippen MR) is 83.3 cm³/mol. The molecular formula is C17H23FN2O. The predicted octanol–water partition coefficient (Wildman–Crippen LogP) is 2.83. The van der Waals surface area contributed by atoms with Crippen LogP contribution in [-0.4, -0.2) is 36.5 Å². The second-order valence-corrected chi connectivity index (χ2v) is 5.56. The van der Waals surface area contributed by atoms with E-state index in [0.717, 1.165) is 18.7 Å². The fourth-order valence-corrected chi connectivity index (χ4v) is 2.62. The van der Waals surface area contributed by atoms with E-state index >= 15 is 0 Å². The van der Waals surface area contributed by atoms with Crippen molar-refractivity contribution in [3.8, 4) is 0 Å². The van der Waals surface area contributed by atoms with Crippen LogP contribution in [0.25, 0.3) is 6.08 Å². The molecule has 1 aliphatic rings. The summed E-state index contributed by atoms with van der Waals surface area (Å²) >= 11 is 0. The largest absolute Gasteiger partial charge is 0.351 e. The second kappa shape index (κ2) is 7.93. The van der Waals surface area contributed by atoms with E-state index in [1.165, 1.54) is 37.5 Å². The second-order valence-electron chi connectivity index (χ2n) is 5.56. The number of piperidine rings is 1. The highest BCUT2D eigenvalue weighted by Gasteiger charge is 2.17. The van der Waals surface area contributed by atoms with Gasteiger partial charge in [0.05, 0.1) is 0 Å². The van der Waals surface area contributed by atoms with Gasteiger partial charge in [-0.05, 0) is 50.1 Å². The number of nitrogens with one attached hydrogen (secondary N) is 1. The molecule has 1 saturated heterocycles. The molecule has 1 amide bonds. The number of hydrogen-bond acceptors (Lipinski definition) is 2. The van der Waals surface area contributed by atoms with Crippen molar-refractivity contribution >= 4 is 12.0 Å². The first-order valence-electron chi connectivity index (χ1n) is 7.60. The monoisotopic (exact) mass is 290 g/mol. The van der Waals surface area contributed by atoms with Gasteiger partial charge in [-0.3, -0.25) is 9.69 Å². The Balaban J connectivity index is 1.70. The van der Waals surface area contributed by atoms with E-state index in [1.54, 1.807) is 18.2 Å². The number of carbonyl (C=O) groups excluding carboxylic acids is 1. The maximum atomic E-state index is 12.8. The number of amides is 1. The molecule has 114 valence electrons. The smallest absolute Gasteiger partial charge is 0.244 e. The summed E-state index contributed by atoms with van der Waals surface area (Å²) in [5.74, 6) is -0.378. The summed E-state index contributed by atoms with van der Waals surface area (Å²) in [7, 11) is 0. The van der Waals surface area contributed by atoms with Gasteiger partial charge in [0.25, 0.3) is 0 Å². The Morgan fingerprint density at radius 3 is 2.86 bits per heavy atom. The lowest BCUT2D eigenvalue weighted by Crippen LogP contribution is -2.42. The number of hydrogen-bond donors (Lipinski definition) is 1. The third-order valence-electron chi connectivity index (χ3n) is 3.94. The van der Waals surface area contributed by atoms with Crippen molar-refractivity contribution in [3.63, 3.8) is 0 Å². The van der Waals surface area contributed by atoms with Gasteiger partial charge in [0, 0.05) is 25.2 Å². The van der Waals surface area contributed by atoms with Crippen LogP contribution in [0, 0.1) is 5.82 Å². The molecule has 0 aliphatic carbocycles. The molecular weight excluding hydrogens is 267 g/mol. The van der Waals surface area contributed by atoms with Gasteiger partial charge in [-0.15, -0.1) is 0 Å². The zero-order valence-corrected chi connectivity index (χ0v) is 12.5. The van der Waals surface area contributed by atoms with Gasteiger partial charge in [0.1, 0.15) is 5.82 Å². The number of carbonyl (C=O) groups is 1. The first kappa shape index (κ1) is 15.7. The third-order valence-corrected chi connectivity index (χ3v) is 3.94. The maximum Gasteiger partial charge on any atom is 0.244 e. The van der Waals surface area contributed by atoms with Crippen LogP contribution in [0.5, 0.6) is 0 Å². The molecule has 0 radical (unpaired) electrons. The van der Waals surface area contributed by atoms with Crippen molar-refractivity contribution < 1.29 is 9.18 Å². The fourth-order valence-electron chi connectivity index (χ4n) is 2.62. The summed E-state index contributed by atoms with van der Waals surface area (Å²) < 4.78 is 12.8. The Hall–Kier alpha value is -1.68. The lowest BCUT2D eigenvalue weighted by molar-refractivity contribution is -0.116. The van der Waals surface area contributed by atoms with E-state index in [1.807, 2.05) is 0 Å². The van der Waals surface area contributed by atoms with Crippen LogP contribution in [0.1, 0.15) is 31.7 Å². The molecule has 1 aromatic carbocycles. The number of halogens is 1. The van der Waals surface area contributed by atoms with Crippen molar-refractivity contribution in [1.82, 2.24) is 10.2 Å². The Morgan fingerprint density at radius 2 is 2.14 bits per heavy atom. The van der Waals surface area contributed by atoms with E-state index in [0.29, 0.717) is 12.6 Å². The van der Waals surface area contributed by atoms with Crippen molar-refractivity contribution in [3.05, 3.63) is 41.7 Å². The minimum atomic E-state index is -0.271. The highest BCUT2D eigenvalue weighted by Crippen LogP contribution is 2.15. The molecule has 0 bridgehead atoms. The summed E-state index contributed by atoms with van der Waals surface area (Å²) in [6.07, 6.45) is 7.00. The average Bonchev–Trinajstić information content (AvgIpc) is 2.49. The standard InChI is InChI=1S/C17H23FN2O/c1-14-4-2-3-12-20(14)13-11-19-17(21)10-7-15-5-8-16(18)9-6-15/h5-10,14H,2-4,11-13H2,1H3,(H,19,21). The number of likely N-dealkylation sites (tertiary alicyclic amines) is 1. The highest BCUT2D eigenvalue weighted by atomic mass is 19.1. The minimum absolute atomic E-state index is 0.107. The number of benzene rings is 1. The summed E-state index contributed by atoms with van der Waals surface area (Å²) in [6, 6.07) is 6.68. The highest BCUT2D eigenvalue weighted by molar-refractivity contribution is 5.91. The molecule has 1 unspecified atom stereocenters. The first-order chi connectivity index (χ1) is 10.1. The summed E-state index contributed by atoms with van der Waals surface area (Å²) in [5.41, 5.74) is 0.816. The molecule has 1 heterocycles. The molecule has 1 aromatic rings. The molecule has 0 spiro atoms. The molecule has 4 heteroatoms. The van der Waals surface area contributed by atoms with Gasteiger partial charge < -0.3 is 5.32 Å². The van der Waals surface area contributed by atoms with Crippen LogP contribution >= 0.6 is 0 Å². The number of nitrogens with zero attached hydrogens (tertiary/aromatic N) is 1. The van der Waals surface area contributed by atoms with Crippen molar-refractivity contribution in [1.29, 1.82) is 0 Å². The molecule has 21 heavy (non-hydrogen) atoms. The minimum Gasteiger partial charge on any atom is -0.351 e. The Labute approximate surface area is 125 Å². The lowest BCUT2D eigenvalue weighted by Gasteiger charge is -2.33. The lowest BCUT2D eigenvalue weighted by atomic mass is 10.0. The van der Waals surface area contributed by atoms with Crippen LogP contribution in [-0.2, 0) is 4.79 Å².